The molecule has 2 aliphatic rings. The van der Waals surface area contributed by atoms with E-state index < -0.39 is 16.0 Å². The first kappa shape index (κ1) is 16.4. The number of nitrogens with one attached hydrogen (secondary N) is 1. The summed E-state index contributed by atoms with van der Waals surface area (Å²) in [5, 5.41) is 3.47. The summed E-state index contributed by atoms with van der Waals surface area (Å²) in [6.07, 6.45) is 2.96. The summed E-state index contributed by atoms with van der Waals surface area (Å²) in [5.41, 5.74) is 0.996. The largest absolute Gasteiger partial charge is 0.465 e. The van der Waals surface area contributed by atoms with Gasteiger partial charge in [-0.1, -0.05) is 6.07 Å². The van der Waals surface area contributed by atoms with Crippen molar-refractivity contribution in [2.75, 3.05) is 20.2 Å². The van der Waals surface area contributed by atoms with Gasteiger partial charge in [0.15, 0.2) is 0 Å². The number of carbonyl (C=O) groups excluding carboxylic acids is 1. The van der Waals surface area contributed by atoms with Crippen LogP contribution in [0, 0.1) is 6.92 Å². The predicted molar refractivity (Wildman–Crippen MR) is 85.8 cm³/mol. The highest BCUT2D eigenvalue weighted by molar-refractivity contribution is 7.89. The Kier molecular flexibility index (Phi) is 4.44. The van der Waals surface area contributed by atoms with Crippen molar-refractivity contribution in [2.45, 2.75) is 43.2 Å². The average Bonchev–Trinajstić information content (AvgIpc) is 2.85. The molecule has 0 aromatic heterocycles. The highest BCUT2D eigenvalue weighted by Crippen LogP contribution is 2.26. The number of methoxy groups -OCH3 is 1. The molecule has 2 heterocycles. The molecule has 2 bridgehead atoms. The maximum atomic E-state index is 12.9. The van der Waals surface area contributed by atoms with E-state index in [4.69, 9.17) is 4.74 Å². The fourth-order valence-corrected chi connectivity index (χ4v) is 4.90. The number of carbonyl (C=O) groups is 1. The van der Waals surface area contributed by atoms with Gasteiger partial charge in [0.2, 0.25) is 10.0 Å². The predicted octanol–water partition coefficient (Wildman–Crippen LogP) is 1.30. The number of hydrogen-bond acceptors (Lipinski definition) is 5. The van der Waals surface area contributed by atoms with E-state index in [1.54, 1.807) is 19.1 Å². The SMILES string of the molecule is COC(=O)c1cc(S(=O)(=O)N2CCC3CCC(C2)N3)ccc1C. The Balaban J connectivity index is 1.91. The van der Waals surface area contributed by atoms with Crippen molar-refractivity contribution in [3.63, 3.8) is 0 Å². The van der Waals surface area contributed by atoms with Crippen molar-refractivity contribution in [3.8, 4) is 0 Å². The van der Waals surface area contributed by atoms with E-state index in [9.17, 15) is 13.2 Å². The number of fused-ring (bicyclic) bond motifs is 2. The van der Waals surface area contributed by atoms with Crippen LogP contribution in [0.15, 0.2) is 23.1 Å². The second-order valence-corrected chi connectivity index (χ2v) is 8.20. The van der Waals surface area contributed by atoms with Gasteiger partial charge >= 0.3 is 5.97 Å². The van der Waals surface area contributed by atoms with E-state index in [1.165, 1.54) is 17.5 Å². The van der Waals surface area contributed by atoms with Crippen LogP contribution >= 0.6 is 0 Å². The lowest BCUT2D eigenvalue weighted by Gasteiger charge is -2.24. The Hall–Kier alpha value is -1.44. The van der Waals surface area contributed by atoms with Crippen molar-refractivity contribution in [2.24, 2.45) is 0 Å². The van der Waals surface area contributed by atoms with Crippen LogP contribution in [0.4, 0.5) is 0 Å². The van der Waals surface area contributed by atoms with Crippen molar-refractivity contribution in [1.29, 1.82) is 0 Å². The number of benzene rings is 1. The summed E-state index contributed by atoms with van der Waals surface area (Å²) in [4.78, 5) is 12.0. The molecule has 7 heteroatoms. The summed E-state index contributed by atoms with van der Waals surface area (Å²) >= 11 is 0. The highest BCUT2D eigenvalue weighted by Gasteiger charge is 2.35. The van der Waals surface area contributed by atoms with Crippen LogP contribution in [-0.2, 0) is 14.8 Å². The molecule has 23 heavy (non-hydrogen) atoms. The summed E-state index contributed by atoms with van der Waals surface area (Å²) in [7, 11) is -2.31. The molecule has 2 aliphatic heterocycles. The highest BCUT2D eigenvalue weighted by atomic mass is 32.2. The molecule has 1 N–H and O–H groups in total. The third kappa shape index (κ3) is 3.13. The number of esters is 1. The molecule has 0 amide bonds. The zero-order chi connectivity index (χ0) is 16.6. The van der Waals surface area contributed by atoms with Crippen LogP contribution in [0.25, 0.3) is 0 Å². The minimum absolute atomic E-state index is 0.154. The number of aryl methyl sites for hydroxylation is 1. The van der Waals surface area contributed by atoms with Crippen LogP contribution in [0.1, 0.15) is 35.2 Å². The van der Waals surface area contributed by atoms with Crippen molar-refractivity contribution < 1.29 is 17.9 Å². The van der Waals surface area contributed by atoms with E-state index in [0.29, 0.717) is 30.3 Å². The van der Waals surface area contributed by atoms with Gasteiger partial charge in [-0.2, -0.15) is 4.31 Å². The van der Waals surface area contributed by atoms with Crippen molar-refractivity contribution in [1.82, 2.24) is 9.62 Å². The number of sulfonamides is 1. The van der Waals surface area contributed by atoms with Crippen LogP contribution < -0.4 is 5.32 Å². The Morgan fingerprint density at radius 1 is 1.26 bits per heavy atom. The molecule has 3 rings (SSSR count). The first-order chi connectivity index (χ1) is 10.9. The molecule has 2 atom stereocenters. The van der Waals surface area contributed by atoms with Gasteiger partial charge in [-0.3, -0.25) is 0 Å². The van der Waals surface area contributed by atoms with Crippen LogP contribution in [0.2, 0.25) is 0 Å². The Morgan fingerprint density at radius 3 is 2.74 bits per heavy atom. The van der Waals surface area contributed by atoms with E-state index in [-0.39, 0.29) is 10.9 Å². The Bertz CT molecular complexity index is 717. The molecule has 2 saturated heterocycles. The molecule has 6 nitrogen and oxygen atoms in total. The molecule has 2 unspecified atom stereocenters. The summed E-state index contributed by atoms with van der Waals surface area (Å²) in [5.74, 6) is -0.517. The normalized spacial score (nSPS) is 25.1. The number of ether oxygens (including phenoxy) is 1. The Labute approximate surface area is 136 Å². The second-order valence-electron chi connectivity index (χ2n) is 6.26. The van der Waals surface area contributed by atoms with E-state index in [1.807, 2.05) is 0 Å². The molecule has 0 radical (unpaired) electrons. The van der Waals surface area contributed by atoms with E-state index in [0.717, 1.165) is 19.3 Å². The summed E-state index contributed by atoms with van der Waals surface area (Å²) < 4.78 is 32.1. The third-order valence-corrected chi connectivity index (χ3v) is 6.60. The van der Waals surface area contributed by atoms with Crippen LogP contribution in [0.5, 0.6) is 0 Å². The van der Waals surface area contributed by atoms with Crippen LogP contribution in [0.3, 0.4) is 0 Å². The molecular weight excluding hydrogens is 316 g/mol. The number of hydrogen-bond donors (Lipinski definition) is 1. The lowest BCUT2D eigenvalue weighted by molar-refractivity contribution is 0.0599. The smallest absolute Gasteiger partial charge is 0.338 e. The van der Waals surface area contributed by atoms with E-state index >= 15 is 0 Å². The quantitative estimate of drug-likeness (QED) is 0.841. The minimum atomic E-state index is -3.60. The molecule has 0 saturated carbocycles. The standard InChI is InChI=1S/C16H22N2O4S/c1-11-3-6-14(9-15(11)16(19)22-2)23(20,21)18-8-7-12-4-5-13(10-18)17-12/h3,6,9,12-13,17H,4-5,7-8,10H2,1-2H3. The fourth-order valence-electron chi connectivity index (χ4n) is 3.37. The lowest BCUT2D eigenvalue weighted by Crippen LogP contribution is -2.39. The van der Waals surface area contributed by atoms with Gasteiger partial charge in [-0.25, -0.2) is 13.2 Å². The first-order valence-corrected chi connectivity index (χ1v) is 9.31. The number of nitrogens with zero attached hydrogens (tertiary/aromatic N) is 1. The van der Waals surface area contributed by atoms with Gasteiger partial charge in [-0.15, -0.1) is 0 Å². The average molecular weight is 338 g/mol. The zero-order valence-corrected chi connectivity index (χ0v) is 14.2. The van der Waals surface area contributed by atoms with Gasteiger partial charge in [-0.05, 0) is 43.9 Å². The summed E-state index contributed by atoms with van der Waals surface area (Å²) in [6.45, 7) is 2.76. The maximum absolute atomic E-state index is 12.9. The summed E-state index contributed by atoms with van der Waals surface area (Å²) in [6, 6.07) is 5.29. The second kappa shape index (κ2) is 6.22. The minimum Gasteiger partial charge on any atom is -0.465 e. The molecule has 0 spiro atoms. The monoisotopic (exact) mass is 338 g/mol. The topological polar surface area (TPSA) is 75.7 Å². The van der Waals surface area contributed by atoms with Gasteiger partial charge in [0.1, 0.15) is 0 Å². The molecule has 0 aliphatic carbocycles. The van der Waals surface area contributed by atoms with E-state index in [2.05, 4.69) is 5.32 Å². The number of rotatable bonds is 3. The van der Waals surface area contributed by atoms with Crippen molar-refractivity contribution in [3.05, 3.63) is 29.3 Å². The van der Waals surface area contributed by atoms with Crippen LogP contribution in [-0.4, -0.2) is 51.0 Å². The molecule has 2 fully saturated rings. The van der Waals surface area contributed by atoms with Gasteiger partial charge in [0.05, 0.1) is 17.6 Å². The Morgan fingerprint density at radius 2 is 2.00 bits per heavy atom. The third-order valence-electron chi connectivity index (χ3n) is 4.74. The van der Waals surface area contributed by atoms with Gasteiger partial charge in [0.25, 0.3) is 0 Å². The molecular formula is C16H22N2O4S. The molecule has 1 aromatic carbocycles. The molecule has 126 valence electrons. The fraction of sp³-hybridized carbons (Fsp3) is 0.562. The van der Waals surface area contributed by atoms with Gasteiger partial charge in [0, 0.05) is 25.2 Å². The van der Waals surface area contributed by atoms with Gasteiger partial charge < -0.3 is 10.1 Å². The maximum Gasteiger partial charge on any atom is 0.338 e. The first-order valence-electron chi connectivity index (χ1n) is 7.87. The lowest BCUT2D eigenvalue weighted by atomic mass is 10.1. The molecule has 1 aromatic rings. The zero-order valence-electron chi connectivity index (χ0n) is 13.4. The van der Waals surface area contributed by atoms with Crippen molar-refractivity contribution >= 4 is 16.0 Å².